The van der Waals surface area contributed by atoms with Crippen LogP contribution in [0.5, 0.6) is 0 Å². The van der Waals surface area contributed by atoms with Crippen LogP contribution in [0.1, 0.15) is 10.5 Å². The van der Waals surface area contributed by atoms with Crippen LogP contribution in [0.3, 0.4) is 0 Å². The first-order valence-electron chi connectivity index (χ1n) is 3.05. The standard InChI is InChI=1S/C6H6N2O4/c1-7-4(6(9)10)2-3-5(7)8(11)12/h2-3H,1H3,(H,9,10)/p-1. The summed E-state index contributed by atoms with van der Waals surface area (Å²) in [6.45, 7) is 0. The fourth-order valence-electron chi connectivity index (χ4n) is 0.889. The molecule has 6 nitrogen and oxygen atoms in total. The van der Waals surface area contributed by atoms with Gasteiger partial charge in [-0.05, 0) is 11.0 Å². The van der Waals surface area contributed by atoms with E-state index >= 15 is 0 Å². The van der Waals surface area contributed by atoms with Crippen molar-refractivity contribution in [2.24, 2.45) is 7.05 Å². The molecule has 0 aliphatic heterocycles. The van der Waals surface area contributed by atoms with Crippen LogP contribution in [0, 0.1) is 10.1 Å². The van der Waals surface area contributed by atoms with Crippen molar-refractivity contribution >= 4 is 11.8 Å². The molecular weight excluding hydrogens is 164 g/mol. The van der Waals surface area contributed by atoms with Gasteiger partial charge in [-0.3, -0.25) is 0 Å². The van der Waals surface area contributed by atoms with Crippen molar-refractivity contribution in [3.8, 4) is 0 Å². The molecule has 64 valence electrons. The maximum Gasteiger partial charge on any atom is 0.323 e. The number of rotatable bonds is 2. The van der Waals surface area contributed by atoms with Gasteiger partial charge < -0.3 is 20.0 Å². The Balaban J connectivity index is 3.22. The Kier molecular flexibility index (Phi) is 1.82. The molecule has 1 rings (SSSR count). The van der Waals surface area contributed by atoms with Crippen molar-refractivity contribution in [3.05, 3.63) is 27.9 Å². The van der Waals surface area contributed by atoms with Gasteiger partial charge in [0.1, 0.15) is 11.7 Å². The van der Waals surface area contributed by atoms with Gasteiger partial charge >= 0.3 is 5.82 Å². The van der Waals surface area contributed by atoms with E-state index in [1.807, 2.05) is 0 Å². The smallest absolute Gasteiger partial charge is 0.323 e. The maximum atomic E-state index is 10.3. The summed E-state index contributed by atoms with van der Waals surface area (Å²) in [4.78, 5) is 19.9. The van der Waals surface area contributed by atoms with Crippen LogP contribution in [0.15, 0.2) is 12.1 Å². The molecule has 1 heterocycles. The number of hydrogen-bond acceptors (Lipinski definition) is 4. The fourth-order valence-corrected chi connectivity index (χ4v) is 0.889. The van der Waals surface area contributed by atoms with E-state index in [9.17, 15) is 20.0 Å². The molecule has 0 N–H and O–H groups in total. The van der Waals surface area contributed by atoms with E-state index in [2.05, 4.69) is 0 Å². The number of aromatic carboxylic acids is 1. The van der Waals surface area contributed by atoms with Gasteiger partial charge in [0.2, 0.25) is 0 Å². The van der Waals surface area contributed by atoms with Crippen molar-refractivity contribution in [2.75, 3.05) is 0 Å². The number of carboxylic acid groups (broad SMARTS) is 1. The molecule has 12 heavy (non-hydrogen) atoms. The zero-order valence-electron chi connectivity index (χ0n) is 6.18. The van der Waals surface area contributed by atoms with E-state index in [1.165, 1.54) is 7.05 Å². The first-order chi connectivity index (χ1) is 5.54. The van der Waals surface area contributed by atoms with Crippen molar-refractivity contribution in [1.29, 1.82) is 0 Å². The maximum absolute atomic E-state index is 10.3. The van der Waals surface area contributed by atoms with Crippen LogP contribution in [-0.2, 0) is 7.05 Å². The third-order valence-electron chi connectivity index (χ3n) is 1.49. The zero-order valence-corrected chi connectivity index (χ0v) is 6.18. The zero-order chi connectivity index (χ0) is 9.30. The molecule has 0 saturated carbocycles. The van der Waals surface area contributed by atoms with Crippen molar-refractivity contribution < 1.29 is 14.8 Å². The largest absolute Gasteiger partial charge is 0.541 e. The number of hydrogen-bond donors (Lipinski definition) is 0. The predicted molar refractivity (Wildman–Crippen MR) is 36.4 cm³/mol. The lowest BCUT2D eigenvalue weighted by atomic mass is 10.4. The molecule has 0 aromatic carbocycles. The molecule has 0 radical (unpaired) electrons. The topological polar surface area (TPSA) is 88.2 Å². The minimum absolute atomic E-state index is 0.207. The second-order valence-corrected chi connectivity index (χ2v) is 2.18. The first kappa shape index (κ1) is 8.25. The van der Waals surface area contributed by atoms with Crippen molar-refractivity contribution in [1.82, 2.24) is 4.57 Å². The molecule has 0 aliphatic carbocycles. The molecule has 1 aromatic heterocycles. The quantitative estimate of drug-likeness (QED) is 0.432. The Morgan fingerprint density at radius 3 is 2.42 bits per heavy atom. The molecule has 1 aromatic rings. The molecule has 0 aliphatic rings. The van der Waals surface area contributed by atoms with Gasteiger partial charge in [-0.25, -0.2) is 4.57 Å². The number of carboxylic acids is 1. The van der Waals surface area contributed by atoms with Gasteiger partial charge in [-0.15, -0.1) is 0 Å². The third kappa shape index (κ3) is 1.14. The molecule has 0 unspecified atom stereocenters. The Morgan fingerprint density at radius 2 is 2.17 bits per heavy atom. The Morgan fingerprint density at radius 1 is 1.58 bits per heavy atom. The molecule has 0 amide bonds. The summed E-state index contributed by atoms with van der Waals surface area (Å²) in [5.41, 5.74) is -0.207. The van der Waals surface area contributed by atoms with E-state index in [0.717, 1.165) is 16.7 Å². The van der Waals surface area contributed by atoms with Crippen LogP contribution in [0.4, 0.5) is 5.82 Å². The van der Waals surface area contributed by atoms with Gasteiger partial charge in [0.15, 0.2) is 0 Å². The highest BCUT2D eigenvalue weighted by Crippen LogP contribution is 2.13. The van der Waals surface area contributed by atoms with Gasteiger partial charge in [0.25, 0.3) is 0 Å². The SMILES string of the molecule is Cn1c(C(=O)[O-])ccc1[N+](=O)[O-]. The van der Waals surface area contributed by atoms with E-state index in [1.54, 1.807) is 0 Å². The summed E-state index contributed by atoms with van der Waals surface area (Å²) in [5.74, 6) is -1.69. The summed E-state index contributed by atoms with van der Waals surface area (Å²) in [5, 5.41) is 20.5. The number of carbonyl (C=O) groups excluding carboxylic acids is 1. The Hall–Kier alpha value is -1.85. The summed E-state index contributed by atoms with van der Waals surface area (Å²) in [7, 11) is 1.29. The Labute approximate surface area is 67.2 Å². The van der Waals surface area contributed by atoms with Crippen LogP contribution in [0.2, 0.25) is 0 Å². The summed E-state index contributed by atoms with van der Waals surface area (Å²) < 4.78 is 0.954. The monoisotopic (exact) mass is 169 g/mol. The molecule has 0 bridgehead atoms. The summed E-state index contributed by atoms with van der Waals surface area (Å²) in [6, 6.07) is 2.25. The van der Waals surface area contributed by atoms with Crippen LogP contribution >= 0.6 is 0 Å². The highest BCUT2D eigenvalue weighted by Gasteiger charge is 2.14. The normalized spacial score (nSPS) is 9.75. The lowest BCUT2D eigenvalue weighted by Crippen LogP contribution is -2.24. The first-order valence-corrected chi connectivity index (χ1v) is 3.05. The average Bonchev–Trinajstić information content (AvgIpc) is 2.30. The number of nitrogens with zero attached hydrogens (tertiary/aromatic N) is 2. The van der Waals surface area contributed by atoms with Crippen LogP contribution < -0.4 is 5.11 Å². The second-order valence-electron chi connectivity index (χ2n) is 2.18. The number of nitro groups is 1. The minimum Gasteiger partial charge on any atom is -0.541 e. The molecular formula is C6H5N2O4-. The average molecular weight is 169 g/mol. The Bertz CT molecular complexity index is 310. The molecule has 6 heteroatoms. The van der Waals surface area contributed by atoms with E-state index in [-0.39, 0.29) is 11.5 Å². The highest BCUT2D eigenvalue weighted by molar-refractivity contribution is 5.84. The summed E-state index contributed by atoms with van der Waals surface area (Å²) >= 11 is 0. The third-order valence-corrected chi connectivity index (χ3v) is 1.49. The lowest BCUT2D eigenvalue weighted by Gasteiger charge is -1.99. The molecule has 0 atom stereocenters. The van der Waals surface area contributed by atoms with Gasteiger partial charge in [0.05, 0.1) is 7.05 Å². The van der Waals surface area contributed by atoms with Gasteiger partial charge in [0, 0.05) is 6.07 Å². The van der Waals surface area contributed by atoms with Crippen molar-refractivity contribution in [2.45, 2.75) is 0 Å². The lowest BCUT2D eigenvalue weighted by molar-refractivity contribution is -0.391. The molecule has 0 saturated heterocycles. The van der Waals surface area contributed by atoms with E-state index in [0.29, 0.717) is 0 Å². The highest BCUT2D eigenvalue weighted by atomic mass is 16.6. The fraction of sp³-hybridized carbons (Fsp3) is 0.167. The summed E-state index contributed by atoms with van der Waals surface area (Å²) in [6.07, 6.45) is 0. The number of aromatic nitrogens is 1. The van der Waals surface area contributed by atoms with Crippen LogP contribution in [-0.4, -0.2) is 15.5 Å². The number of carbonyl (C=O) groups is 1. The van der Waals surface area contributed by atoms with E-state index < -0.39 is 10.9 Å². The van der Waals surface area contributed by atoms with Crippen LogP contribution in [0.25, 0.3) is 0 Å². The van der Waals surface area contributed by atoms with Gasteiger partial charge in [-0.2, -0.15) is 0 Å². The molecule has 0 fully saturated rings. The predicted octanol–water partition coefficient (Wildman–Crippen LogP) is -0.703. The van der Waals surface area contributed by atoms with Gasteiger partial charge in [-0.1, -0.05) is 0 Å². The van der Waals surface area contributed by atoms with E-state index in [4.69, 9.17) is 0 Å². The minimum atomic E-state index is -1.43. The van der Waals surface area contributed by atoms with Crippen molar-refractivity contribution in [3.63, 3.8) is 0 Å². The molecule has 0 spiro atoms. The second kappa shape index (κ2) is 2.65.